The molecule has 0 aliphatic rings. The van der Waals surface area contributed by atoms with Crippen molar-refractivity contribution in [1.29, 1.82) is 0 Å². The van der Waals surface area contributed by atoms with E-state index < -0.39 is 5.54 Å². The zero-order valence-corrected chi connectivity index (χ0v) is 6.04. The predicted octanol–water partition coefficient (Wildman–Crippen LogP) is -2.38. The largest absolute Gasteiger partial charge is 0.322 e. The van der Waals surface area contributed by atoms with Crippen LogP contribution in [0.5, 0.6) is 0 Å². The van der Waals surface area contributed by atoms with E-state index in [1.54, 1.807) is 0 Å². The second-order valence-corrected chi connectivity index (χ2v) is 2.37. The highest BCUT2D eigenvalue weighted by Gasteiger charge is 2.23. The molecular formula is C4H14N4O3. The van der Waals surface area contributed by atoms with Crippen molar-refractivity contribution in [2.45, 2.75) is 5.54 Å². The molecule has 0 unspecified atom stereocenters. The summed E-state index contributed by atoms with van der Waals surface area (Å²) < 4.78 is 0. The van der Waals surface area contributed by atoms with Crippen molar-refractivity contribution in [3.05, 3.63) is 0 Å². The molecule has 0 bridgehead atoms. The first-order chi connectivity index (χ1) is 5.18. The van der Waals surface area contributed by atoms with Crippen LogP contribution >= 0.6 is 0 Å². The van der Waals surface area contributed by atoms with E-state index in [9.17, 15) is 0 Å². The van der Waals surface area contributed by atoms with Crippen LogP contribution in [0.1, 0.15) is 0 Å². The molecule has 0 heterocycles. The van der Waals surface area contributed by atoms with Gasteiger partial charge in [0.2, 0.25) is 0 Å². The van der Waals surface area contributed by atoms with Gasteiger partial charge in [0, 0.05) is 19.6 Å². The maximum Gasteiger partial charge on any atom is 0.0603 e. The smallest absolute Gasteiger partial charge is 0.0603 e. The number of nitrogens with one attached hydrogen (secondary N) is 3. The quantitative estimate of drug-likeness (QED) is 0.220. The minimum Gasteiger partial charge on any atom is -0.322 e. The van der Waals surface area contributed by atoms with Crippen LogP contribution in [-0.4, -0.2) is 40.8 Å². The fraction of sp³-hybridized carbons (Fsp3) is 1.00. The SMILES string of the molecule is NC(CNO)(CNO)CNO. The van der Waals surface area contributed by atoms with Gasteiger partial charge in [-0.1, -0.05) is 0 Å². The highest BCUT2D eigenvalue weighted by molar-refractivity contribution is 4.87. The van der Waals surface area contributed by atoms with Crippen LogP contribution in [-0.2, 0) is 0 Å². The molecule has 0 aromatic rings. The molecule has 8 N–H and O–H groups in total. The Hall–Kier alpha value is -0.280. The zero-order valence-electron chi connectivity index (χ0n) is 6.04. The summed E-state index contributed by atoms with van der Waals surface area (Å²) in [5.41, 5.74) is 10.2. The molecule has 7 nitrogen and oxygen atoms in total. The number of rotatable bonds is 6. The van der Waals surface area contributed by atoms with Crippen LogP contribution in [0.2, 0.25) is 0 Å². The fourth-order valence-electron chi connectivity index (χ4n) is 0.660. The summed E-state index contributed by atoms with van der Waals surface area (Å²) in [4.78, 5) is 0. The zero-order chi connectivity index (χ0) is 8.74. The molecule has 0 atom stereocenters. The molecule has 0 saturated heterocycles. The Bertz CT molecular complexity index is 84.3. The van der Waals surface area contributed by atoms with Gasteiger partial charge in [-0.25, -0.2) is 16.4 Å². The Kier molecular flexibility index (Phi) is 5.24. The predicted molar refractivity (Wildman–Crippen MR) is 36.3 cm³/mol. The van der Waals surface area contributed by atoms with Gasteiger partial charge < -0.3 is 21.4 Å². The summed E-state index contributed by atoms with van der Waals surface area (Å²) in [6, 6.07) is 0. The van der Waals surface area contributed by atoms with Gasteiger partial charge in [0.15, 0.2) is 0 Å². The Labute approximate surface area is 64.1 Å². The lowest BCUT2D eigenvalue weighted by molar-refractivity contribution is 0.0766. The molecule has 0 saturated carbocycles. The minimum atomic E-state index is -0.932. The Morgan fingerprint density at radius 2 is 1.18 bits per heavy atom. The van der Waals surface area contributed by atoms with Gasteiger partial charge in [-0.3, -0.25) is 0 Å². The fourth-order valence-corrected chi connectivity index (χ4v) is 0.660. The standard InChI is InChI=1S/C4H14N4O3/c5-4(1-6-9,2-7-10)3-8-11/h6-11H,1-3,5H2. The average molecular weight is 166 g/mol. The Morgan fingerprint density at radius 3 is 1.36 bits per heavy atom. The topological polar surface area (TPSA) is 123 Å². The van der Waals surface area contributed by atoms with E-state index in [4.69, 9.17) is 21.4 Å². The van der Waals surface area contributed by atoms with E-state index in [1.807, 2.05) is 16.4 Å². The van der Waals surface area contributed by atoms with Crippen LogP contribution < -0.4 is 22.2 Å². The molecule has 0 aromatic carbocycles. The Balaban J connectivity index is 3.79. The lowest BCUT2D eigenvalue weighted by Crippen LogP contribution is -2.60. The number of hydrogen-bond donors (Lipinski definition) is 7. The van der Waals surface area contributed by atoms with Gasteiger partial charge in [0.05, 0.1) is 5.54 Å². The van der Waals surface area contributed by atoms with Crippen LogP contribution in [0.4, 0.5) is 0 Å². The summed E-state index contributed by atoms with van der Waals surface area (Å²) in [5.74, 6) is 0. The summed E-state index contributed by atoms with van der Waals surface area (Å²) in [6.07, 6.45) is 0. The highest BCUT2D eigenvalue weighted by Crippen LogP contribution is 1.93. The van der Waals surface area contributed by atoms with E-state index in [-0.39, 0.29) is 19.6 Å². The maximum atomic E-state index is 8.31. The average Bonchev–Trinajstić information content (AvgIpc) is 1.88. The first kappa shape index (κ1) is 10.7. The van der Waals surface area contributed by atoms with Crippen molar-refractivity contribution < 1.29 is 15.6 Å². The van der Waals surface area contributed by atoms with Crippen molar-refractivity contribution in [2.24, 2.45) is 5.73 Å². The van der Waals surface area contributed by atoms with Gasteiger partial charge in [0.1, 0.15) is 0 Å². The van der Waals surface area contributed by atoms with Crippen molar-refractivity contribution in [2.75, 3.05) is 19.6 Å². The van der Waals surface area contributed by atoms with Crippen LogP contribution in [0.3, 0.4) is 0 Å². The van der Waals surface area contributed by atoms with Crippen molar-refractivity contribution in [3.63, 3.8) is 0 Å². The van der Waals surface area contributed by atoms with Gasteiger partial charge in [0.25, 0.3) is 0 Å². The van der Waals surface area contributed by atoms with Crippen molar-refractivity contribution >= 4 is 0 Å². The van der Waals surface area contributed by atoms with Crippen molar-refractivity contribution in [1.82, 2.24) is 16.4 Å². The van der Waals surface area contributed by atoms with Gasteiger partial charge in [-0.15, -0.1) is 0 Å². The summed E-state index contributed by atoms with van der Waals surface area (Å²) >= 11 is 0. The Morgan fingerprint density at radius 1 is 0.909 bits per heavy atom. The second kappa shape index (κ2) is 5.38. The second-order valence-electron chi connectivity index (χ2n) is 2.37. The monoisotopic (exact) mass is 166 g/mol. The molecule has 68 valence electrons. The lowest BCUT2D eigenvalue weighted by Gasteiger charge is -2.26. The molecule has 0 aliphatic heterocycles. The van der Waals surface area contributed by atoms with Crippen molar-refractivity contribution in [3.8, 4) is 0 Å². The van der Waals surface area contributed by atoms with E-state index in [1.165, 1.54) is 0 Å². The molecule has 0 amide bonds. The molecule has 7 heteroatoms. The van der Waals surface area contributed by atoms with E-state index >= 15 is 0 Å². The number of nitrogens with two attached hydrogens (primary N) is 1. The molecular weight excluding hydrogens is 152 g/mol. The van der Waals surface area contributed by atoms with Gasteiger partial charge in [-0.05, 0) is 0 Å². The molecule has 0 aromatic heterocycles. The summed E-state index contributed by atoms with van der Waals surface area (Å²) in [6.45, 7) is 0.149. The molecule has 0 fully saturated rings. The summed E-state index contributed by atoms with van der Waals surface area (Å²) in [7, 11) is 0. The van der Waals surface area contributed by atoms with E-state index in [0.717, 1.165) is 0 Å². The van der Waals surface area contributed by atoms with E-state index in [0.29, 0.717) is 0 Å². The number of hydroxylamine groups is 3. The third-order valence-electron chi connectivity index (χ3n) is 1.29. The molecule has 11 heavy (non-hydrogen) atoms. The van der Waals surface area contributed by atoms with E-state index in [2.05, 4.69) is 0 Å². The van der Waals surface area contributed by atoms with Crippen LogP contribution in [0.15, 0.2) is 0 Å². The third-order valence-corrected chi connectivity index (χ3v) is 1.29. The third kappa shape index (κ3) is 4.22. The highest BCUT2D eigenvalue weighted by atomic mass is 16.5. The molecule has 0 aliphatic carbocycles. The first-order valence-corrected chi connectivity index (χ1v) is 3.08. The first-order valence-electron chi connectivity index (χ1n) is 3.08. The maximum absolute atomic E-state index is 8.31. The molecule has 0 rings (SSSR count). The molecule has 0 radical (unpaired) electrons. The van der Waals surface area contributed by atoms with Crippen LogP contribution in [0.25, 0.3) is 0 Å². The van der Waals surface area contributed by atoms with Gasteiger partial charge >= 0.3 is 0 Å². The number of hydrogen-bond acceptors (Lipinski definition) is 7. The van der Waals surface area contributed by atoms with Gasteiger partial charge in [-0.2, -0.15) is 0 Å². The lowest BCUT2D eigenvalue weighted by atomic mass is 10.0. The minimum absolute atomic E-state index is 0.0497. The molecule has 0 spiro atoms. The summed E-state index contributed by atoms with van der Waals surface area (Å²) in [5, 5.41) is 24.9. The normalized spacial score (nSPS) is 12.0. The van der Waals surface area contributed by atoms with Crippen LogP contribution in [0, 0.1) is 0 Å².